The minimum absolute atomic E-state index is 0.192. The number of aromatic hydroxyl groups is 1. The van der Waals surface area contributed by atoms with Crippen molar-refractivity contribution in [3.05, 3.63) is 95.9 Å². The van der Waals surface area contributed by atoms with Crippen molar-refractivity contribution in [1.82, 2.24) is 9.97 Å². The molecule has 2 aromatic carbocycles. The van der Waals surface area contributed by atoms with E-state index in [4.69, 9.17) is 0 Å². The Morgan fingerprint density at radius 2 is 1.85 bits per heavy atom. The summed E-state index contributed by atoms with van der Waals surface area (Å²) in [6, 6.07) is 19.6. The monoisotopic (exact) mass is 341 g/mol. The predicted octanol–water partition coefficient (Wildman–Crippen LogP) is 4.85. The summed E-state index contributed by atoms with van der Waals surface area (Å²) in [7, 11) is 0. The normalized spacial score (nSPS) is 12.0. The first kappa shape index (κ1) is 16.1. The Balaban J connectivity index is 1.84. The molecule has 128 valence electrons. The van der Waals surface area contributed by atoms with Gasteiger partial charge in [0.2, 0.25) is 0 Å². The molecule has 4 heteroatoms. The standard InChI is InChI=1S/C22H19N3O/c1-15-5-2-8-18(13-15)25-20(17-7-3-11-23-14-17)19-10-9-16-6-4-12-24-21(16)22(19)26/h2-14,20,25-26H,1H3/t20-/m0/s1. The molecule has 0 saturated heterocycles. The lowest BCUT2D eigenvalue weighted by Gasteiger charge is -2.22. The lowest BCUT2D eigenvalue weighted by Crippen LogP contribution is -2.13. The quantitative estimate of drug-likeness (QED) is 0.557. The highest BCUT2D eigenvalue weighted by molar-refractivity contribution is 5.86. The summed E-state index contributed by atoms with van der Waals surface area (Å²) in [6.07, 6.45) is 5.25. The number of hydrogen-bond donors (Lipinski definition) is 2. The lowest BCUT2D eigenvalue weighted by molar-refractivity contribution is 0.471. The van der Waals surface area contributed by atoms with E-state index in [9.17, 15) is 5.11 Å². The molecule has 0 aliphatic carbocycles. The first-order valence-electron chi connectivity index (χ1n) is 8.52. The number of fused-ring (bicyclic) bond motifs is 1. The highest BCUT2D eigenvalue weighted by Crippen LogP contribution is 2.36. The van der Waals surface area contributed by atoms with Crippen molar-refractivity contribution in [1.29, 1.82) is 0 Å². The molecule has 0 radical (unpaired) electrons. The number of phenolic OH excluding ortho intramolecular Hbond substituents is 1. The largest absolute Gasteiger partial charge is 0.505 e. The van der Waals surface area contributed by atoms with Gasteiger partial charge in [0, 0.05) is 35.2 Å². The van der Waals surface area contributed by atoms with Crippen LogP contribution in [0.15, 0.2) is 79.3 Å². The van der Waals surface area contributed by atoms with Crippen LogP contribution >= 0.6 is 0 Å². The predicted molar refractivity (Wildman–Crippen MR) is 104 cm³/mol. The molecule has 0 amide bonds. The number of phenols is 1. The maximum atomic E-state index is 10.9. The molecule has 2 N–H and O–H groups in total. The Labute approximate surface area is 152 Å². The third-order valence-electron chi connectivity index (χ3n) is 4.44. The second kappa shape index (κ2) is 6.84. The van der Waals surface area contributed by atoms with Gasteiger partial charge < -0.3 is 10.4 Å². The van der Waals surface area contributed by atoms with Crippen molar-refractivity contribution in [2.75, 3.05) is 5.32 Å². The second-order valence-electron chi connectivity index (χ2n) is 6.31. The second-order valence-corrected chi connectivity index (χ2v) is 6.31. The molecular formula is C22H19N3O. The van der Waals surface area contributed by atoms with Crippen LogP contribution in [-0.4, -0.2) is 15.1 Å². The van der Waals surface area contributed by atoms with Crippen LogP contribution in [0, 0.1) is 6.92 Å². The minimum Gasteiger partial charge on any atom is -0.505 e. The van der Waals surface area contributed by atoms with Gasteiger partial charge in [-0.1, -0.05) is 36.4 Å². The number of aryl methyl sites for hydroxylation is 1. The molecule has 0 aliphatic heterocycles. The van der Waals surface area contributed by atoms with Gasteiger partial charge >= 0.3 is 0 Å². The number of benzene rings is 2. The van der Waals surface area contributed by atoms with Gasteiger partial charge in [0.05, 0.1) is 6.04 Å². The Morgan fingerprint density at radius 3 is 2.65 bits per heavy atom. The molecule has 4 aromatic rings. The summed E-state index contributed by atoms with van der Waals surface area (Å²) < 4.78 is 0. The van der Waals surface area contributed by atoms with Gasteiger partial charge in [-0.3, -0.25) is 9.97 Å². The SMILES string of the molecule is Cc1cccc(N[C@@H](c2cccnc2)c2ccc3cccnc3c2O)c1. The van der Waals surface area contributed by atoms with E-state index in [0.29, 0.717) is 5.52 Å². The van der Waals surface area contributed by atoms with Crippen molar-refractivity contribution in [3.63, 3.8) is 0 Å². The van der Waals surface area contributed by atoms with Gasteiger partial charge in [0.25, 0.3) is 0 Å². The zero-order valence-electron chi connectivity index (χ0n) is 14.4. The minimum atomic E-state index is -0.239. The number of hydrogen-bond acceptors (Lipinski definition) is 4. The Morgan fingerprint density at radius 1 is 0.962 bits per heavy atom. The molecular weight excluding hydrogens is 322 g/mol. The van der Waals surface area contributed by atoms with Crippen molar-refractivity contribution in [2.45, 2.75) is 13.0 Å². The fraction of sp³-hybridized carbons (Fsp3) is 0.0909. The lowest BCUT2D eigenvalue weighted by atomic mass is 9.97. The van der Waals surface area contributed by atoms with Gasteiger partial charge in [0.1, 0.15) is 11.3 Å². The smallest absolute Gasteiger partial charge is 0.147 e. The van der Waals surface area contributed by atoms with E-state index < -0.39 is 0 Å². The highest BCUT2D eigenvalue weighted by Gasteiger charge is 2.20. The molecule has 0 saturated carbocycles. The fourth-order valence-corrected chi connectivity index (χ4v) is 3.17. The van der Waals surface area contributed by atoms with Crippen molar-refractivity contribution < 1.29 is 5.11 Å². The van der Waals surface area contributed by atoms with Gasteiger partial charge in [-0.25, -0.2) is 0 Å². The summed E-state index contributed by atoms with van der Waals surface area (Å²) in [5, 5.41) is 15.3. The zero-order valence-corrected chi connectivity index (χ0v) is 14.4. The van der Waals surface area contributed by atoms with Crippen molar-refractivity contribution in [3.8, 4) is 5.75 Å². The maximum Gasteiger partial charge on any atom is 0.147 e. The molecule has 0 aliphatic rings. The van der Waals surface area contributed by atoms with Gasteiger partial charge in [-0.2, -0.15) is 0 Å². The molecule has 2 heterocycles. The van der Waals surface area contributed by atoms with Crippen LogP contribution in [0.3, 0.4) is 0 Å². The molecule has 4 rings (SSSR count). The number of pyridine rings is 2. The van der Waals surface area contributed by atoms with E-state index in [0.717, 1.165) is 22.2 Å². The number of aromatic nitrogens is 2. The zero-order chi connectivity index (χ0) is 17.9. The number of nitrogens with one attached hydrogen (secondary N) is 1. The molecule has 0 bridgehead atoms. The summed E-state index contributed by atoms with van der Waals surface area (Å²) in [5.74, 6) is 0.192. The Bertz CT molecular complexity index is 1050. The summed E-state index contributed by atoms with van der Waals surface area (Å²) in [4.78, 5) is 8.59. The summed E-state index contributed by atoms with van der Waals surface area (Å²) in [6.45, 7) is 2.06. The van der Waals surface area contributed by atoms with Gasteiger partial charge in [-0.05, 0) is 42.3 Å². The van der Waals surface area contributed by atoms with Crippen LogP contribution in [-0.2, 0) is 0 Å². The van der Waals surface area contributed by atoms with E-state index in [1.807, 2.05) is 54.7 Å². The van der Waals surface area contributed by atoms with E-state index in [1.165, 1.54) is 5.56 Å². The van der Waals surface area contributed by atoms with Crippen LogP contribution < -0.4 is 5.32 Å². The van der Waals surface area contributed by atoms with Crippen LogP contribution in [0.1, 0.15) is 22.7 Å². The average Bonchev–Trinajstić information content (AvgIpc) is 2.68. The van der Waals surface area contributed by atoms with E-state index >= 15 is 0 Å². The third-order valence-corrected chi connectivity index (χ3v) is 4.44. The Kier molecular flexibility index (Phi) is 4.23. The van der Waals surface area contributed by atoms with Crippen molar-refractivity contribution in [2.24, 2.45) is 0 Å². The van der Waals surface area contributed by atoms with Gasteiger partial charge in [-0.15, -0.1) is 0 Å². The first-order valence-corrected chi connectivity index (χ1v) is 8.52. The molecule has 0 spiro atoms. The topological polar surface area (TPSA) is 58.0 Å². The van der Waals surface area contributed by atoms with Crippen LogP contribution in [0.2, 0.25) is 0 Å². The molecule has 0 unspecified atom stereocenters. The van der Waals surface area contributed by atoms with E-state index in [-0.39, 0.29) is 11.8 Å². The van der Waals surface area contributed by atoms with Crippen LogP contribution in [0.4, 0.5) is 5.69 Å². The molecule has 1 atom stereocenters. The fourth-order valence-electron chi connectivity index (χ4n) is 3.17. The van der Waals surface area contributed by atoms with Crippen LogP contribution in [0.5, 0.6) is 5.75 Å². The molecule has 0 fully saturated rings. The molecule has 4 nitrogen and oxygen atoms in total. The number of rotatable bonds is 4. The van der Waals surface area contributed by atoms with Crippen LogP contribution in [0.25, 0.3) is 10.9 Å². The first-order chi connectivity index (χ1) is 12.7. The molecule has 26 heavy (non-hydrogen) atoms. The Hall–Kier alpha value is -3.40. The molecule has 2 aromatic heterocycles. The summed E-state index contributed by atoms with van der Waals surface area (Å²) >= 11 is 0. The van der Waals surface area contributed by atoms with Gasteiger partial charge in [0.15, 0.2) is 0 Å². The summed E-state index contributed by atoms with van der Waals surface area (Å²) in [5.41, 5.74) is 4.50. The van der Waals surface area contributed by atoms with E-state index in [1.54, 1.807) is 12.4 Å². The number of nitrogens with zero attached hydrogens (tertiary/aromatic N) is 2. The highest BCUT2D eigenvalue weighted by atomic mass is 16.3. The maximum absolute atomic E-state index is 10.9. The van der Waals surface area contributed by atoms with Crippen molar-refractivity contribution >= 4 is 16.6 Å². The average molecular weight is 341 g/mol. The number of anilines is 1. The third kappa shape index (κ3) is 3.09. The van der Waals surface area contributed by atoms with E-state index in [2.05, 4.69) is 34.3 Å².